The molecule has 1 fully saturated rings. The molecule has 2 amide bonds. The highest BCUT2D eigenvalue weighted by molar-refractivity contribution is 9.10. The van der Waals surface area contributed by atoms with E-state index in [4.69, 9.17) is 9.84 Å². The van der Waals surface area contributed by atoms with Gasteiger partial charge in [-0.3, -0.25) is 14.5 Å². The topological polar surface area (TPSA) is 83.9 Å². The zero-order chi connectivity index (χ0) is 21.8. The van der Waals surface area contributed by atoms with Gasteiger partial charge in [0.05, 0.1) is 14.9 Å². The number of likely N-dealkylation sites (N-methyl/N-ethyl adjacent to an activating group) is 1. The predicted octanol–water partition coefficient (Wildman–Crippen LogP) is 5.12. The van der Waals surface area contributed by atoms with Crippen LogP contribution in [-0.2, 0) is 17.8 Å². The second-order valence-electron chi connectivity index (χ2n) is 6.52. The lowest BCUT2D eigenvalue weighted by atomic mass is 10.1. The van der Waals surface area contributed by atoms with E-state index in [0.717, 1.165) is 33.4 Å². The summed E-state index contributed by atoms with van der Waals surface area (Å²) in [5.41, 5.74) is 2.67. The SMILES string of the molecule is C=CCc1cc(/C=C2\SC(=O)N(C)C2=O)cc(Br)c1OCc1ccc(C(=O)O)cc1. The Hall–Kier alpha value is -2.84. The molecule has 0 aliphatic carbocycles. The second kappa shape index (κ2) is 9.32. The fraction of sp³-hybridized carbons (Fsp3) is 0.136. The smallest absolute Gasteiger partial charge is 0.335 e. The Labute approximate surface area is 186 Å². The van der Waals surface area contributed by atoms with Gasteiger partial charge in [-0.25, -0.2) is 4.79 Å². The molecule has 1 N–H and O–H groups in total. The molecule has 6 nitrogen and oxygen atoms in total. The Morgan fingerprint density at radius 1 is 1.27 bits per heavy atom. The lowest BCUT2D eigenvalue weighted by Gasteiger charge is -2.14. The van der Waals surface area contributed by atoms with E-state index in [-0.39, 0.29) is 23.3 Å². The number of carbonyl (C=O) groups is 3. The molecule has 0 atom stereocenters. The van der Waals surface area contributed by atoms with Gasteiger partial charge in [0.15, 0.2) is 0 Å². The number of ether oxygens (including phenoxy) is 1. The number of carboxylic acid groups (broad SMARTS) is 1. The largest absolute Gasteiger partial charge is 0.487 e. The van der Waals surface area contributed by atoms with E-state index in [1.54, 1.807) is 24.3 Å². The van der Waals surface area contributed by atoms with Crippen molar-refractivity contribution in [2.45, 2.75) is 13.0 Å². The number of aromatic carboxylic acids is 1. The van der Waals surface area contributed by atoms with Crippen molar-refractivity contribution in [3.8, 4) is 5.75 Å². The van der Waals surface area contributed by atoms with E-state index < -0.39 is 5.97 Å². The van der Waals surface area contributed by atoms with Crippen molar-refractivity contribution in [2.75, 3.05) is 7.05 Å². The molecule has 1 heterocycles. The predicted molar refractivity (Wildman–Crippen MR) is 120 cm³/mol. The first-order valence-corrected chi connectivity index (χ1v) is 10.5. The first kappa shape index (κ1) is 21.9. The minimum Gasteiger partial charge on any atom is -0.487 e. The highest BCUT2D eigenvalue weighted by Gasteiger charge is 2.31. The summed E-state index contributed by atoms with van der Waals surface area (Å²) in [5.74, 6) is -0.663. The second-order valence-corrected chi connectivity index (χ2v) is 8.36. The van der Waals surface area contributed by atoms with E-state index in [1.807, 2.05) is 12.1 Å². The molecule has 0 saturated carbocycles. The summed E-state index contributed by atoms with van der Waals surface area (Å²) in [6, 6.07) is 10.2. The van der Waals surface area contributed by atoms with Gasteiger partial charge in [-0.2, -0.15) is 0 Å². The molecule has 1 aliphatic heterocycles. The third-order valence-electron chi connectivity index (χ3n) is 4.38. The molecule has 0 aromatic heterocycles. The van der Waals surface area contributed by atoms with Crippen molar-refractivity contribution >= 4 is 50.9 Å². The Morgan fingerprint density at radius 3 is 2.53 bits per heavy atom. The van der Waals surface area contributed by atoms with Crippen molar-refractivity contribution in [3.05, 3.63) is 80.7 Å². The van der Waals surface area contributed by atoms with E-state index >= 15 is 0 Å². The average Bonchev–Trinajstić information content (AvgIpc) is 2.94. The van der Waals surface area contributed by atoms with Crippen LogP contribution in [0.25, 0.3) is 6.08 Å². The van der Waals surface area contributed by atoms with Crippen molar-refractivity contribution in [2.24, 2.45) is 0 Å². The zero-order valence-electron chi connectivity index (χ0n) is 16.1. The van der Waals surface area contributed by atoms with E-state index in [0.29, 0.717) is 21.5 Å². The molecule has 0 bridgehead atoms. The number of hydrogen-bond donors (Lipinski definition) is 1. The third-order valence-corrected chi connectivity index (χ3v) is 5.93. The van der Waals surface area contributed by atoms with Crippen molar-refractivity contribution in [1.82, 2.24) is 4.90 Å². The van der Waals surface area contributed by atoms with Crippen LogP contribution in [0, 0.1) is 0 Å². The van der Waals surface area contributed by atoms with Gasteiger partial charge < -0.3 is 9.84 Å². The van der Waals surface area contributed by atoms with Crippen LogP contribution in [0.15, 0.2) is 58.4 Å². The molecule has 3 rings (SSSR count). The summed E-state index contributed by atoms with van der Waals surface area (Å²) in [6.07, 6.45) is 3.98. The van der Waals surface area contributed by atoms with Gasteiger partial charge in [-0.15, -0.1) is 6.58 Å². The highest BCUT2D eigenvalue weighted by Crippen LogP contribution is 2.35. The number of allylic oxidation sites excluding steroid dienone is 1. The number of imide groups is 1. The number of carboxylic acids is 1. The summed E-state index contributed by atoms with van der Waals surface area (Å²) >= 11 is 4.43. The third kappa shape index (κ3) is 4.83. The van der Waals surface area contributed by atoms with Gasteiger partial charge in [0.25, 0.3) is 11.1 Å². The van der Waals surface area contributed by atoms with Crippen LogP contribution < -0.4 is 4.74 Å². The number of nitrogens with zero attached hydrogens (tertiary/aromatic N) is 1. The maximum Gasteiger partial charge on any atom is 0.335 e. The maximum atomic E-state index is 12.1. The van der Waals surface area contributed by atoms with Crippen molar-refractivity contribution in [1.29, 1.82) is 0 Å². The molecule has 1 aliphatic rings. The number of halogens is 1. The number of amides is 2. The summed E-state index contributed by atoms with van der Waals surface area (Å²) in [6.45, 7) is 4.05. The molecule has 2 aromatic carbocycles. The number of hydrogen-bond acceptors (Lipinski definition) is 5. The van der Waals surface area contributed by atoms with E-state index in [9.17, 15) is 14.4 Å². The maximum absolute atomic E-state index is 12.1. The fourth-order valence-corrected chi connectivity index (χ4v) is 4.28. The average molecular weight is 488 g/mol. The molecular weight excluding hydrogens is 470 g/mol. The van der Waals surface area contributed by atoms with Crippen LogP contribution in [0.3, 0.4) is 0 Å². The van der Waals surface area contributed by atoms with Gasteiger partial charge in [0.1, 0.15) is 12.4 Å². The number of carbonyl (C=O) groups excluding carboxylic acids is 2. The Kier molecular flexibility index (Phi) is 6.79. The van der Waals surface area contributed by atoms with Crippen LogP contribution in [-0.4, -0.2) is 34.2 Å². The zero-order valence-corrected chi connectivity index (χ0v) is 18.5. The molecule has 30 heavy (non-hydrogen) atoms. The van der Waals surface area contributed by atoms with Gasteiger partial charge in [-0.1, -0.05) is 18.2 Å². The van der Waals surface area contributed by atoms with Gasteiger partial charge in [0, 0.05) is 7.05 Å². The number of benzene rings is 2. The number of rotatable bonds is 7. The van der Waals surface area contributed by atoms with Crippen LogP contribution in [0.5, 0.6) is 5.75 Å². The first-order valence-electron chi connectivity index (χ1n) is 8.90. The first-order chi connectivity index (χ1) is 14.3. The molecular formula is C22H18BrNO5S. The molecule has 154 valence electrons. The van der Waals surface area contributed by atoms with Crippen LogP contribution >= 0.6 is 27.7 Å². The van der Waals surface area contributed by atoms with Crippen LogP contribution in [0.1, 0.15) is 27.0 Å². The normalized spacial score (nSPS) is 15.0. The molecule has 0 unspecified atom stereocenters. The summed E-state index contributed by atoms with van der Waals surface area (Å²) in [5, 5.41) is 8.69. The summed E-state index contributed by atoms with van der Waals surface area (Å²) in [7, 11) is 1.46. The monoisotopic (exact) mass is 487 g/mol. The summed E-state index contributed by atoms with van der Waals surface area (Å²) < 4.78 is 6.69. The lowest BCUT2D eigenvalue weighted by Crippen LogP contribution is -2.22. The Balaban J connectivity index is 1.84. The van der Waals surface area contributed by atoms with E-state index in [2.05, 4.69) is 22.5 Å². The Morgan fingerprint density at radius 2 is 1.97 bits per heavy atom. The van der Waals surface area contributed by atoms with Gasteiger partial charge in [-0.05, 0) is 81.1 Å². The fourth-order valence-electron chi connectivity index (χ4n) is 2.82. The lowest BCUT2D eigenvalue weighted by molar-refractivity contribution is -0.121. The van der Waals surface area contributed by atoms with Gasteiger partial charge in [0.2, 0.25) is 0 Å². The van der Waals surface area contributed by atoms with E-state index in [1.165, 1.54) is 19.2 Å². The van der Waals surface area contributed by atoms with Gasteiger partial charge >= 0.3 is 5.97 Å². The van der Waals surface area contributed by atoms with Crippen LogP contribution in [0.2, 0.25) is 0 Å². The molecule has 0 radical (unpaired) electrons. The summed E-state index contributed by atoms with van der Waals surface area (Å²) in [4.78, 5) is 36.3. The molecule has 2 aromatic rings. The molecule has 0 spiro atoms. The Bertz CT molecular complexity index is 1060. The quantitative estimate of drug-likeness (QED) is 0.430. The number of thioether (sulfide) groups is 1. The highest BCUT2D eigenvalue weighted by atomic mass is 79.9. The minimum absolute atomic E-state index is 0.216. The standard InChI is InChI=1S/C22H18BrNO5S/c1-3-4-16-9-14(11-18-20(25)24(2)22(28)30-18)10-17(23)19(16)29-12-13-5-7-15(8-6-13)21(26)27/h3,5-11H,1,4,12H2,2H3,(H,26,27)/b18-11-. The van der Waals surface area contributed by atoms with Crippen LogP contribution in [0.4, 0.5) is 4.79 Å². The van der Waals surface area contributed by atoms with Crippen molar-refractivity contribution < 1.29 is 24.2 Å². The molecule has 8 heteroatoms. The van der Waals surface area contributed by atoms with Crippen molar-refractivity contribution in [3.63, 3.8) is 0 Å². The minimum atomic E-state index is -0.977. The molecule has 1 saturated heterocycles.